The van der Waals surface area contributed by atoms with Crippen LogP contribution < -0.4 is 0 Å². The molecule has 0 amide bonds. The maximum absolute atomic E-state index is 11.3. The third-order valence-electron chi connectivity index (χ3n) is 28.9. The molecule has 736 valence electrons. The fourth-order valence-corrected chi connectivity index (χ4v) is 23.3. The van der Waals surface area contributed by atoms with E-state index in [9.17, 15) is 20.4 Å². The third-order valence-corrected chi connectivity index (χ3v) is 28.9. The molecule has 0 atom stereocenters. The molecule has 0 spiro atoms. The molecule has 16 aromatic carbocycles. The molecule has 0 saturated carbocycles. The van der Waals surface area contributed by atoms with Crippen LogP contribution in [0.25, 0.3) is 132 Å². The van der Waals surface area contributed by atoms with E-state index in [0.29, 0.717) is 34.8 Å². The standard InChI is InChI=1S/C35H40O.C31H32O.C29H28O.C27H24O.12CH3.4Ti/c1-3-5-7-13-23-35(24-14-8-6-4-2)32-18-12-11-17-30(32)31-22-20-27(25-33(31)35)29-21-19-26-15-9-10-16-28(26)34(29)36;1-20(2)18-31(19-21(3)4)28-12-8-7-11-26(28)27-16-14-23(17-29(27)31)25-15-13-22-9-5-6-10-24(22)30(25)32;1-3-17-29(18-4-2)26-12-8-7-11-24(26)25-16-14-21(19-27(25)29)23-15-13-20-9-5-6-10-22(20)28(23)30;1-3-27(4-2)24-12-8-7-11-22(24)23-16-14-19(17-25(23)27)21-15-13-18-9-5-6-10-20(18)26(21)28;;;;;;;;;;;;;;;;/h9-12,15-22,25,36H,3-8,13-14,23-24H2,1-2H3;5-17,20-21,32H,18-19H2,1-4H3;5-16,19,30H,3-4,17-18H2,1-2H3;5-17,28H,3-4H2,1-2H3;12*1H3;;;;/q;;;;12*-1;4*+3. The van der Waals surface area contributed by atoms with Gasteiger partial charge in [-0.1, -0.05) is 425 Å². The Morgan fingerprint density at radius 2 is 0.408 bits per heavy atom. The monoisotopic (exact) mass is 2030 g/mol. The van der Waals surface area contributed by atoms with Crippen molar-refractivity contribution in [2.45, 2.75) is 206 Å². The number of phenols is 4. The Hall–Kier alpha value is -9.38. The zero-order chi connectivity index (χ0) is 87.4. The first-order valence-corrected chi connectivity index (χ1v) is 47.3. The topological polar surface area (TPSA) is 80.9 Å². The summed E-state index contributed by atoms with van der Waals surface area (Å²) in [6, 6.07) is 112. The molecule has 4 nitrogen and oxygen atoms in total. The third kappa shape index (κ3) is 24.3. The molecule has 8 heteroatoms. The van der Waals surface area contributed by atoms with E-state index in [1.807, 2.05) is 91.0 Å². The fourth-order valence-electron chi connectivity index (χ4n) is 23.3. The summed E-state index contributed by atoms with van der Waals surface area (Å²) in [6.07, 6.45) is 21.7. The summed E-state index contributed by atoms with van der Waals surface area (Å²) in [6.45, 7) is 23.1. The van der Waals surface area contributed by atoms with E-state index < -0.39 is 0 Å². The second kappa shape index (κ2) is 56.9. The minimum Gasteiger partial charge on any atom is -0.507 e. The maximum atomic E-state index is 11.3. The average molecular weight is 2030 g/mol. The van der Waals surface area contributed by atoms with Crippen molar-refractivity contribution in [2.24, 2.45) is 11.8 Å². The normalized spacial score (nSPS) is 12.4. The molecule has 0 bridgehead atoms. The van der Waals surface area contributed by atoms with Crippen LogP contribution in [0.4, 0.5) is 0 Å². The quantitative estimate of drug-likeness (QED) is 0.0276. The van der Waals surface area contributed by atoms with Crippen molar-refractivity contribution in [1.82, 2.24) is 0 Å². The van der Waals surface area contributed by atoms with Gasteiger partial charge in [0.25, 0.3) is 0 Å². The van der Waals surface area contributed by atoms with E-state index in [2.05, 4.69) is 294 Å². The zero-order valence-corrected chi connectivity index (χ0v) is 95.9. The van der Waals surface area contributed by atoms with Crippen LogP contribution >= 0.6 is 0 Å². The summed E-state index contributed by atoms with van der Waals surface area (Å²) >= 11 is 0. The van der Waals surface area contributed by atoms with Gasteiger partial charge in [-0.05, 0) is 220 Å². The van der Waals surface area contributed by atoms with Crippen LogP contribution in [0.5, 0.6) is 23.0 Å². The molecule has 4 radical (unpaired) electrons. The van der Waals surface area contributed by atoms with Crippen LogP contribution in [0, 0.1) is 101 Å². The number of fused-ring (bicyclic) bond motifs is 16. The molecule has 142 heavy (non-hydrogen) atoms. The van der Waals surface area contributed by atoms with Gasteiger partial charge in [0.15, 0.2) is 0 Å². The van der Waals surface area contributed by atoms with Crippen molar-refractivity contribution in [3.8, 4) is 112 Å². The van der Waals surface area contributed by atoms with Crippen LogP contribution in [0.1, 0.15) is 229 Å². The summed E-state index contributed by atoms with van der Waals surface area (Å²) in [5, 5.41) is 52.3. The number of unbranched alkanes of at least 4 members (excludes halogenated alkanes) is 6. The Kier molecular flexibility index (Phi) is 52.4. The van der Waals surface area contributed by atoms with Crippen LogP contribution in [0.2, 0.25) is 0 Å². The van der Waals surface area contributed by atoms with E-state index in [-0.39, 0.29) is 198 Å². The number of rotatable bonds is 24. The fraction of sp³-hybridized carbons (Fsp3) is 0.254. The average Bonchev–Trinajstić information content (AvgIpc) is 1.57. The van der Waals surface area contributed by atoms with Crippen molar-refractivity contribution >= 4 is 43.1 Å². The van der Waals surface area contributed by atoms with Gasteiger partial charge in [0.1, 0.15) is 23.0 Å². The zero-order valence-electron chi connectivity index (χ0n) is 89.7. The molecular weight excluding hydrogens is 1860 g/mol. The summed E-state index contributed by atoms with van der Waals surface area (Å²) in [5.74, 6) is 2.68. The Morgan fingerprint density at radius 3 is 0.662 bits per heavy atom. The SMILES string of the molecule is CC(C)CC1(CC(C)C)c2ccccc2-c2ccc(-c3ccc4ccccc4c3O)cc21.CCC1(CC)c2ccccc2-c2ccc(-c3ccc4ccccc4c3O)cc21.CCCC1(CCC)c2ccccc2-c2ccc(-c3ccc4ccccc4c3O)cc21.CCCCCCC1(CCCCCC)c2ccccc2-c2ccc(-c3ccc4ccccc4c3O)cc21.[CH3-].[CH3-].[CH3-].[CH3-].[CH3-].[CH3-].[CH3-].[CH3-].[CH3-].[CH3-].[CH3-].[CH3-].[Ti+3].[Ti+3].[Ti+3].[Ti+3]. The number of aromatic hydroxyl groups is 4. The Balaban J connectivity index is 0.000000915. The summed E-state index contributed by atoms with van der Waals surface area (Å²) < 4.78 is 0. The summed E-state index contributed by atoms with van der Waals surface area (Å²) in [5.41, 5.74) is 30.8. The second-order valence-electron chi connectivity index (χ2n) is 37.3. The summed E-state index contributed by atoms with van der Waals surface area (Å²) in [7, 11) is 0. The Morgan fingerprint density at radius 1 is 0.197 bits per heavy atom. The van der Waals surface area contributed by atoms with Crippen molar-refractivity contribution in [2.75, 3.05) is 0 Å². The van der Waals surface area contributed by atoms with E-state index >= 15 is 0 Å². The van der Waals surface area contributed by atoms with E-state index in [0.717, 1.165) is 139 Å². The molecule has 16 aromatic rings. The van der Waals surface area contributed by atoms with E-state index in [4.69, 9.17) is 0 Å². The molecule has 4 N–H and O–H groups in total. The Labute approximate surface area is 921 Å². The number of hydrogen-bond donors (Lipinski definition) is 4. The van der Waals surface area contributed by atoms with Crippen LogP contribution in [-0.2, 0) is 109 Å². The van der Waals surface area contributed by atoms with Gasteiger partial charge >= 0.3 is 86.9 Å². The number of hydrogen-bond acceptors (Lipinski definition) is 4. The van der Waals surface area contributed by atoms with Gasteiger partial charge < -0.3 is 110 Å². The van der Waals surface area contributed by atoms with Crippen LogP contribution in [0.15, 0.2) is 315 Å². The van der Waals surface area contributed by atoms with E-state index in [1.54, 1.807) is 0 Å². The van der Waals surface area contributed by atoms with Gasteiger partial charge in [0, 0.05) is 65.5 Å². The smallest absolute Gasteiger partial charge is 0.507 e. The predicted molar refractivity (Wildman–Crippen MR) is 613 cm³/mol. The van der Waals surface area contributed by atoms with Gasteiger partial charge in [-0.25, -0.2) is 0 Å². The first-order valence-electron chi connectivity index (χ1n) is 47.3. The molecule has 0 aliphatic heterocycles. The molecule has 0 aromatic heterocycles. The van der Waals surface area contributed by atoms with Gasteiger partial charge in [0.05, 0.1) is 0 Å². The predicted octanol–water partition coefficient (Wildman–Crippen LogP) is 39.8. The number of benzene rings is 16. The van der Waals surface area contributed by atoms with Crippen molar-refractivity contribution < 1.29 is 107 Å². The first kappa shape index (κ1) is 131. The first-order chi connectivity index (χ1) is 61.5. The van der Waals surface area contributed by atoms with Gasteiger partial charge in [-0.15, -0.1) is 0 Å². The maximum Gasteiger partial charge on any atom is 3.00 e. The molecule has 4 aliphatic rings. The molecule has 0 heterocycles. The minimum absolute atomic E-state index is 0. The molecule has 0 saturated heterocycles. The van der Waals surface area contributed by atoms with Crippen LogP contribution in [-0.4, -0.2) is 20.4 Å². The molecule has 0 fully saturated rings. The van der Waals surface area contributed by atoms with Gasteiger partial charge in [-0.3, -0.25) is 0 Å². The van der Waals surface area contributed by atoms with Crippen LogP contribution in [0.3, 0.4) is 0 Å². The van der Waals surface area contributed by atoms with Crippen molar-refractivity contribution in [3.63, 3.8) is 0 Å². The number of phenolic OH excluding ortho intramolecular Hbond substituents is 4. The summed E-state index contributed by atoms with van der Waals surface area (Å²) in [4.78, 5) is 0. The van der Waals surface area contributed by atoms with Crippen molar-refractivity contribution in [3.05, 3.63) is 449 Å². The van der Waals surface area contributed by atoms with Crippen molar-refractivity contribution in [1.29, 1.82) is 0 Å². The van der Waals surface area contributed by atoms with Gasteiger partial charge in [0.2, 0.25) is 0 Å². The molecular formula is C134H160O4Ti4. The molecule has 4 aliphatic carbocycles. The Bertz CT molecular complexity index is 6660. The van der Waals surface area contributed by atoms with E-state index in [1.165, 1.54) is 153 Å². The second-order valence-corrected chi connectivity index (χ2v) is 37.3. The molecule has 20 rings (SSSR count). The van der Waals surface area contributed by atoms with Gasteiger partial charge in [-0.2, -0.15) is 0 Å². The minimum atomic E-state index is 0. The molecule has 0 unspecified atom stereocenters. The largest absolute Gasteiger partial charge is 3.00 e.